The first-order chi connectivity index (χ1) is 9.50. The highest BCUT2D eigenvalue weighted by atomic mass is 14.9. The minimum atomic E-state index is 0.279. The molecule has 0 amide bonds. The Hall–Kier alpha value is -0.820. The second kappa shape index (κ2) is 7.83. The van der Waals surface area contributed by atoms with Crippen LogP contribution >= 0.6 is 0 Å². The normalized spacial score (nSPS) is 13.8. The first kappa shape index (κ1) is 17.2. The SMILES string of the molecule is CCNC(c1ccc(C(C)(C)CC)cc1)C(CC)CC. The zero-order valence-electron chi connectivity index (χ0n) is 14.3. The van der Waals surface area contributed by atoms with Gasteiger partial charge in [-0.15, -0.1) is 0 Å². The van der Waals surface area contributed by atoms with E-state index in [1.165, 1.54) is 30.4 Å². The Morgan fingerprint density at radius 1 is 0.950 bits per heavy atom. The van der Waals surface area contributed by atoms with Crippen molar-refractivity contribution >= 4 is 0 Å². The highest BCUT2D eigenvalue weighted by Gasteiger charge is 2.21. The van der Waals surface area contributed by atoms with Crippen LogP contribution in [0.15, 0.2) is 24.3 Å². The lowest BCUT2D eigenvalue weighted by molar-refractivity contribution is 0.346. The van der Waals surface area contributed by atoms with Crippen LogP contribution in [-0.4, -0.2) is 6.54 Å². The summed E-state index contributed by atoms with van der Waals surface area (Å²) in [4.78, 5) is 0. The van der Waals surface area contributed by atoms with Gasteiger partial charge >= 0.3 is 0 Å². The Labute approximate surface area is 126 Å². The van der Waals surface area contributed by atoms with Crippen LogP contribution in [0.25, 0.3) is 0 Å². The monoisotopic (exact) mass is 275 g/mol. The molecule has 0 heterocycles. The zero-order chi connectivity index (χ0) is 15.2. The van der Waals surface area contributed by atoms with Crippen molar-refractivity contribution in [3.63, 3.8) is 0 Å². The average Bonchev–Trinajstić information content (AvgIpc) is 2.47. The number of benzene rings is 1. The van der Waals surface area contributed by atoms with Gasteiger partial charge in [0.05, 0.1) is 0 Å². The summed E-state index contributed by atoms with van der Waals surface area (Å²) < 4.78 is 0. The molecule has 1 atom stereocenters. The predicted molar refractivity (Wildman–Crippen MR) is 90.2 cm³/mol. The molecule has 1 unspecified atom stereocenters. The highest BCUT2D eigenvalue weighted by molar-refractivity contribution is 5.30. The quantitative estimate of drug-likeness (QED) is 0.664. The number of hydrogen-bond acceptors (Lipinski definition) is 1. The van der Waals surface area contributed by atoms with Crippen LogP contribution in [0.3, 0.4) is 0 Å². The highest BCUT2D eigenvalue weighted by Crippen LogP contribution is 2.31. The summed E-state index contributed by atoms with van der Waals surface area (Å²) in [5, 5.41) is 3.67. The second-order valence-electron chi connectivity index (χ2n) is 6.47. The second-order valence-corrected chi connectivity index (χ2v) is 6.47. The van der Waals surface area contributed by atoms with Crippen LogP contribution < -0.4 is 5.32 Å². The van der Waals surface area contributed by atoms with Gasteiger partial charge in [-0.1, -0.05) is 78.6 Å². The molecular weight excluding hydrogens is 242 g/mol. The third-order valence-corrected chi connectivity index (χ3v) is 4.88. The Morgan fingerprint density at radius 3 is 1.90 bits per heavy atom. The summed E-state index contributed by atoms with van der Waals surface area (Å²) in [5.74, 6) is 0.722. The number of nitrogens with one attached hydrogen (secondary N) is 1. The lowest BCUT2D eigenvalue weighted by Gasteiger charge is -2.28. The fourth-order valence-corrected chi connectivity index (χ4v) is 2.88. The largest absolute Gasteiger partial charge is 0.310 e. The average molecular weight is 275 g/mol. The number of hydrogen-bond donors (Lipinski definition) is 1. The molecule has 1 heteroatoms. The summed E-state index contributed by atoms with van der Waals surface area (Å²) >= 11 is 0. The van der Waals surface area contributed by atoms with Gasteiger partial charge < -0.3 is 5.32 Å². The van der Waals surface area contributed by atoms with E-state index >= 15 is 0 Å². The third kappa shape index (κ3) is 4.09. The van der Waals surface area contributed by atoms with E-state index in [1.807, 2.05) is 0 Å². The molecule has 0 radical (unpaired) electrons. The minimum absolute atomic E-state index is 0.279. The van der Waals surface area contributed by atoms with Gasteiger partial charge in [0.2, 0.25) is 0 Å². The summed E-state index contributed by atoms with van der Waals surface area (Å²) in [5.41, 5.74) is 3.17. The Bertz CT molecular complexity index is 373. The Balaban J connectivity index is 2.99. The first-order valence-electron chi connectivity index (χ1n) is 8.33. The molecule has 0 fully saturated rings. The van der Waals surface area contributed by atoms with E-state index in [-0.39, 0.29) is 5.41 Å². The van der Waals surface area contributed by atoms with E-state index < -0.39 is 0 Å². The molecule has 1 rings (SSSR count). The summed E-state index contributed by atoms with van der Waals surface area (Å²) in [6.45, 7) is 14.7. The van der Waals surface area contributed by atoms with Crippen molar-refractivity contribution < 1.29 is 0 Å². The van der Waals surface area contributed by atoms with Gasteiger partial charge in [-0.05, 0) is 35.4 Å². The molecule has 0 saturated carbocycles. The molecule has 0 spiro atoms. The zero-order valence-corrected chi connectivity index (χ0v) is 14.3. The molecular formula is C19H33N. The van der Waals surface area contributed by atoms with Crippen LogP contribution in [-0.2, 0) is 5.41 Å². The van der Waals surface area contributed by atoms with Crippen LogP contribution in [0.1, 0.15) is 78.0 Å². The van der Waals surface area contributed by atoms with Crippen molar-refractivity contribution in [1.82, 2.24) is 5.32 Å². The van der Waals surface area contributed by atoms with E-state index in [9.17, 15) is 0 Å². The van der Waals surface area contributed by atoms with E-state index in [1.54, 1.807) is 0 Å². The molecule has 0 bridgehead atoms. The predicted octanol–water partition coefficient (Wildman–Crippen LogP) is 5.46. The van der Waals surface area contributed by atoms with Gasteiger partial charge in [-0.2, -0.15) is 0 Å². The van der Waals surface area contributed by atoms with Crippen LogP contribution in [0.5, 0.6) is 0 Å². The molecule has 20 heavy (non-hydrogen) atoms. The summed E-state index contributed by atoms with van der Waals surface area (Å²) in [6.07, 6.45) is 3.64. The van der Waals surface area contributed by atoms with Gasteiger partial charge in [0.25, 0.3) is 0 Å². The molecule has 1 aromatic carbocycles. The molecule has 114 valence electrons. The lowest BCUT2D eigenvalue weighted by atomic mass is 9.81. The van der Waals surface area contributed by atoms with Crippen LogP contribution in [0, 0.1) is 5.92 Å². The minimum Gasteiger partial charge on any atom is -0.310 e. The standard InChI is InChI=1S/C19H33N/c1-7-15(8-2)18(20-10-4)16-11-13-17(14-12-16)19(5,6)9-3/h11-15,18,20H,7-10H2,1-6H3. The van der Waals surface area contributed by atoms with Crippen molar-refractivity contribution in [3.05, 3.63) is 35.4 Å². The van der Waals surface area contributed by atoms with Gasteiger partial charge in [-0.3, -0.25) is 0 Å². The Kier molecular flexibility index (Phi) is 6.75. The summed E-state index contributed by atoms with van der Waals surface area (Å²) in [7, 11) is 0. The molecule has 1 nitrogen and oxygen atoms in total. The maximum absolute atomic E-state index is 3.67. The van der Waals surface area contributed by atoms with Gasteiger partial charge in [0.1, 0.15) is 0 Å². The van der Waals surface area contributed by atoms with Crippen molar-refractivity contribution in [2.45, 2.75) is 72.3 Å². The van der Waals surface area contributed by atoms with E-state index in [4.69, 9.17) is 0 Å². The summed E-state index contributed by atoms with van der Waals surface area (Å²) in [6, 6.07) is 9.81. The lowest BCUT2D eigenvalue weighted by Crippen LogP contribution is -2.28. The Morgan fingerprint density at radius 2 is 1.50 bits per heavy atom. The van der Waals surface area contributed by atoms with Gasteiger partial charge in [0.15, 0.2) is 0 Å². The van der Waals surface area contributed by atoms with Crippen molar-refractivity contribution in [2.24, 2.45) is 5.92 Å². The van der Waals surface area contributed by atoms with E-state index in [2.05, 4.69) is 71.1 Å². The molecule has 0 aromatic heterocycles. The molecule has 1 N–H and O–H groups in total. The molecule has 0 aliphatic heterocycles. The van der Waals surface area contributed by atoms with Crippen molar-refractivity contribution in [2.75, 3.05) is 6.54 Å². The smallest absolute Gasteiger partial charge is 0.0348 e. The van der Waals surface area contributed by atoms with Crippen molar-refractivity contribution in [1.29, 1.82) is 0 Å². The molecule has 0 aliphatic carbocycles. The maximum Gasteiger partial charge on any atom is 0.0348 e. The van der Waals surface area contributed by atoms with Gasteiger partial charge in [-0.25, -0.2) is 0 Å². The van der Waals surface area contributed by atoms with Crippen molar-refractivity contribution in [3.8, 4) is 0 Å². The van der Waals surface area contributed by atoms with E-state index in [0.29, 0.717) is 6.04 Å². The molecule has 0 saturated heterocycles. The van der Waals surface area contributed by atoms with Gasteiger partial charge in [0, 0.05) is 6.04 Å². The first-order valence-corrected chi connectivity index (χ1v) is 8.33. The third-order valence-electron chi connectivity index (χ3n) is 4.88. The molecule has 0 aliphatic rings. The maximum atomic E-state index is 3.67. The van der Waals surface area contributed by atoms with E-state index in [0.717, 1.165) is 12.5 Å². The van der Waals surface area contributed by atoms with Crippen LogP contribution in [0.4, 0.5) is 0 Å². The topological polar surface area (TPSA) is 12.0 Å². The van der Waals surface area contributed by atoms with Crippen LogP contribution in [0.2, 0.25) is 0 Å². The number of rotatable bonds is 8. The fourth-order valence-electron chi connectivity index (χ4n) is 2.88. The molecule has 1 aromatic rings. The fraction of sp³-hybridized carbons (Fsp3) is 0.684.